The van der Waals surface area contributed by atoms with Crippen molar-refractivity contribution in [3.8, 4) is 0 Å². The van der Waals surface area contributed by atoms with Crippen LogP contribution in [0.25, 0.3) is 0 Å². The Hall–Kier alpha value is -0.780. The fourth-order valence-corrected chi connectivity index (χ4v) is 2.14. The molecule has 0 aromatic rings. The van der Waals surface area contributed by atoms with Crippen LogP contribution in [0, 0.1) is 5.92 Å². The predicted octanol–water partition coefficient (Wildman–Crippen LogP) is 2.18. The van der Waals surface area contributed by atoms with Gasteiger partial charge in [0.1, 0.15) is 6.42 Å². The highest BCUT2D eigenvalue weighted by molar-refractivity contribution is 5.76. The van der Waals surface area contributed by atoms with Gasteiger partial charge in [-0.25, -0.2) is 0 Å². The topological polar surface area (TPSA) is 32.3 Å². The standard InChI is InChI=1S/C12H21F3N2O/c1-9(2)16-7-10-4-3-5-17(8-10)11(18)6-12(13,14)15/h9-10,16H,3-8H2,1-2H3. The molecular formula is C12H21F3N2O. The number of likely N-dealkylation sites (tertiary alicyclic amines) is 1. The molecule has 1 aliphatic heterocycles. The monoisotopic (exact) mass is 266 g/mol. The minimum atomic E-state index is -4.40. The van der Waals surface area contributed by atoms with E-state index in [1.54, 1.807) is 0 Å². The number of amides is 1. The molecule has 1 rings (SSSR count). The van der Waals surface area contributed by atoms with E-state index in [1.165, 1.54) is 4.90 Å². The van der Waals surface area contributed by atoms with E-state index in [2.05, 4.69) is 5.32 Å². The second-order valence-corrected chi connectivity index (χ2v) is 5.20. The third-order valence-electron chi connectivity index (χ3n) is 3.04. The zero-order chi connectivity index (χ0) is 13.8. The van der Waals surface area contributed by atoms with E-state index in [0.717, 1.165) is 19.4 Å². The summed E-state index contributed by atoms with van der Waals surface area (Å²) in [6.45, 7) is 5.69. The molecule has 106 valence electrons. The molecule has 1 atom stereocenters. The van der Waals surface area contributed by atoms with Crippen LogP contribution in [0.15, 0.2) is 0 Å². The largest absolute Gasteiger partial charge is 0.397 e. The number of nitrogens with one attached hydrogen (secondary N) is 1. The van der Waals surface area contributed by atoms with E-state index < -0.39 is 18.5 Å². The molecule has 1 N–H and O–H groups in total. The molecule has 18 heavy (non-hydrogen) atoms. The van der Waals surface area contributed by atoms with Crippen molar-refractivity contribution in [3.63, 3.8) is 0 Å². The maximum atomic E-state index is 12.2. The summed E-state index contributed by atoms with van der Waals surface area (Å²) >= 11 is 0. The Morgan fingerprint density at radius 3 is 2.67 bits per heavy atom. The molecule has 1 unspecified atom stereocenters. The molecule has 0 spiro atoms. The molecule has 0 aromatic carbocycles. The molecule has 3 nitrogen and oxygen atoms in total. The van der Waals surface area contributed by atoms with Crippen LogP contribution in [-0.4, -0.2) is 42.7 Å². The number of halogens is 3. The quantitative estimate of drug-likeness (QED) is 0.846. The van der Waals surface area contributed by atoms with Gasteiger partial charge in [0.25, 0.3) is 0 Å². The Balaban J connectivity index is 2.40. The number of hydrogen-bond acceptors (Lipinski definition) is 2. The first-order chi connectivity index (χ1) is 8.28. The lowest BCUT2D eigenvalue weighted by molar-refractivity contribution is -0.162. The number of carbonyl (C=O) groups excluding carboxylic acids is 1. The molecule has 0 aromatic heterocycles. The van der Waals surface area contributed by atoms with Gasteiger partial charge in [-0.05, 0) is 25.3 Å². The molecule has 0 radical (unpaired) electrons. The van der Waals surface area contributed by atoms with Crippen LogP contribution in [0.5, 0.6) is 0 Å². The van der Waals surface area contributed by atoms with Crippen LogP contribution in [0.2, 0.25) is 0 Å². The Bertz CT molecular complexity index is 279. The van der Waals surface area contributed by atoms with Gasteiger partial charge in [-0.1, -0.05) is 13.8 Å². The van der Waals surface area contributed by atoms with Crippen molar-refractivity contribution in [3.05, 3.63) is 0 Å². The molecule has 1 aliphatic rings. The normalized spacial score (nSPS) is 21.4. The summed E-state index contributed by atoms with van der Waals surface area (Å²) in [5.74, 6) is -0.532. The molecule has 0 aliphatic carbocycles. The van der Waals surface area contributed by atoms with Crippen LogP contribution in [0.1, 0.15) is 33.1 Å². The lowest BCUT2D eigenvalue weighted by Crippen LogP contribution is -2.44. The van der Waals surface area contributed by atoms with Gasteiger partial charge in [0.2, 0.25) is 5.91 Å². The number of hydrogen-bond donors (Lipinski definition) is 1. The highest BCUT2D eigenvalue weighted by atomic mass is 19.4. The van der Waals surface area contributed by atoms with Crippen molar-refractivity contribution in [2.24, 2.45) is 5.92 Å². The van der Waals surface area contributed by atoms with Gasteiger partial charge >= 0.3 is 6.18 Å². The minimum Gasteiger partial charge on any atom is -0.342 e. The van der Waals surface area contributed by atoms with Crippen LogP contribution < -0.4 is 5.32 Å². The van der Waals surface area contributed by atoms with E-state index >= 15 is 0 Å². The van der Waals surface area contributed by atoms with Gasteiger partial charge in [-0.2, -0.15) is 13.2 Å². The molecular weight excluding hydrogens is 245 g/mol. The van der Waals surface area contributed by atoms with Crippen molar-refractivity contribution >= 4 is 5.91 Å². The maximum absolute atomic E-state index is 12.2. The van der Waals surface area contributed by atoms with Gasteiger partial charge in [0.05, 0.1) is 0 Å². The summed E-state index contributed by atoms with van der Waals surface area (Å²) in [5.41, 5.74) is 0. The fraction of sp³-hybridized carbons (Fsp3) is 0.917. The molecule has 0 bridgehead atoms. The second-order valence-electron chi connectivity index (χ2n) is 5.20. The molecule has 1 saturated heterocycles. The smallest absolute Gasteiger partial charge is 0.342 e. The highest BCUT2D eigenvalue weighted by Gasteiger charge is 2.34. The van der Waals surface area contributed by atoms with Crippen molar-refractivity contribution in [2.45, 2.75) is 45.3 Å². The number of nitrogens with zero attached hydrogens (tertiary/aromatic N) is 1. The molecule has 1 amide bonds. The summed E-state index contributed by atoms with van der Waals surface area (Å²) in [7, 11) is 0. The van der Waals surface area contributed by atoms with E-state index in [1.807, 2.05) is 13.8 Å². The first-order valence-corrected chi connectivity index (χ1v) is 6.36. The van der Waals surface area contributed by atoms with Crippen molar-refractivity contribution in [1.82, 2.24) is 10.2 Å². The maximum Gasteiger partial charge on any atom is 0.397 e. The van der Waals surface area contributed by atoms with Gasteiger partial charge < -0.3 is 10.2 Å². The number of rotatable bonds is 4. The number of alkyl halides is 3. The SMILES string of the molecule is CC(C)NCC1CCCN(C(=O)CC(F)(F)F)C1. The Labute approximate surface area is 106 Å². The van der Waals surface area contributed by atoms with Gasteiger partial charge in [0, 0.05) is 19.1 Å². The Morgan fingerprint density at radius 2 is 2.11 bits per heavy atom. The van der Waals surface area contributed by atoms with Crippen molar-refractivity contribution < 1.29 is 18.0 Å². The van der Waals surface area contributed by atoms with E-state index in [0.29, 0.717) is 19.1 Å². The molecule has 6 heteroatoms. The first-order valence-electron chi connectivity index (χ1n) is 6.36. The summed E-state index contributed by atoms with van der Waals surface area (Å²) in [4.78, 5) is 12.8. The van der Waals surface area contributed by atoms with E-state index in [4.69, 9.17) is 0 Å². The van der Waals surface area contributed by atoms with Crippen molar-refractivity contribution in [2.75, 3.05) is 19.6 Å². The van der Waals surface area contributed by atoms with Crippen LogP contribution in [0.3, 0.4) is 0 Å². The zero-order valence-corrected chi connectivity index (χ0v) is 10.9. The summed E-state index contributed by atoms with van der Waals surface area (Å²) in [6.07, 6.45) is -3.99. The highest BCUT2D eigenvalue weighted by Crippen LogP contribution is 2.23. The van der Waals surface area contributed by atoms with Crippen molar-refractivity contribution in [1.29, 1.82) is 0 Å². The lowest BCUT2D eigenvalue weighted by atomic mass is 9.97. The second kappa shape index (κ2) is 6.41. The summed E-state index contributed by atoms with van der Waals surface area (Å²) in [6, 6.07) is 0.353. The van der Waals surface area contributed by atoms with Gasteiger partial charge in [-0.3, -0.25) is 4.79 Å². The van der Waals surface area contributed by atoms with Crippen LogP contribution in [0.4, 0.5) is 13.2 Å². The summed E-state index contributed by atoms with van der Waals surface area (Å²) in [5, 5.41) is 3.26. The molecule has 1 fully saturated rings. The predicted molar refractivity (Wildman–Crippen MR) is 63.1 cm³/mol. The average Bonchev–Trinajstić information content (AvgIpc) is 2.24. The van der Waals surface area contributed by atoms with Crippen LogP contribution >= 0.6 is 0 Å². The van der Waals surface area contributed by atoms with E-state index in [9.17, 15) is 18.0 Å². The summed E-state index contributed by atoms with van der Waals surface area (Å²) < 4.78 is 36.5. The minimum absolute atomic E-state index is 0.262. The Kier molecular flexibility index (Phi) is 5.44. The van der Waals surface area contributed by atoms with Crippen LogP contribution in [-0.2, 0) is 4.79 Å². The number of carbonyl (C=O) groups is 1. The average molecular weight is 266 g/mol. The third-order valence-corrected chi connectivity index (χ3v) is 3.04. The molecule has 0 saturated carbocycles. The lowest BCUT2D eigenvalue weighted by Gasteiger charge is -2.33. The van der Waals surface area contributed by atoms with Gasteiger partial charge in [-0.15, -0.1) is 0 Å². The molecule has 1 heterocycles. The number of piperidine rings is 1. The zero-order valence-electron chi connectivity index (χ0n) is 10.9. The Morgan fingerprint density at radius 1 is 1.44 bits per heavy atom. The van der Waals surface area contributed by atoms with E-state index in [-0.39, 0.29) is 5.92 Å². The third kappa shape index (κ3) is 5.71. The van der Waals surface area contributed by atoms with Gasteiger partial charge in [0.15, 0.2) is 0 Å². The fourth-order valence-electron chi connectivity index (χ4n) is 2.14. The first kappa shape index (κ1) is 15.3.